The van der Waals surface area contributed by atoms with Crippen molar-refractivity contribution >= 4 is 28.1 Å². The van der Waals surface area contributed by atoms with Crippen molar-refractivity contribution in [1.29, 1.82) is 0 Å². The minimum absolute atomic E-state index is 0.278. The topological polar surface area (TPSA) is 142 Å². The highest BCUT2D eigenvalue weighted by atomic mass is 16.2. The van der Waals surface area contributed by atoms with Gasteiger partial charge >= 0.3 is 0 Å². The Balaban J connectivity index is 1.47. The normalized spacial score (nSPS) is 12.5. The van der Waals surface area contributed by atoms with Gasteiger partial charge < -0.3 is 11.1 Å². The van der Waals surface area contributed by atoms with E-state index in [2.05, 4.69) is 32.3 Å². The van der Waals surface area contributed by atoms with E-state index in [4.69, 9.17) is 5.73 Å². The fraction of sp³-hybridized carbons (Fsp3) is 0.176. The number of nitrogens with zero attached hydrogens (tertiary/aromatic N) is 6. The van der Waals surface area contributed by atoms with Gasteiger partial charge in [-0.05, 0) is 56.5 Å². The summed E-state index contributed by atoms with van der Waals surface area (Å²) in [6, 6.07) is 17.0. The van der Waals surface area contributed by atoms with E-state index >= 15 is 0 Å². The van der Waals surface area contributed by atoms with Crippen molar-refractivity contribution in [2.75, 3.05) is 0 Å². The number of fused-ring (bicyclic) bond motifs is 2. The fourth-order valence-electron chi connectivity index (χ4n) is 5.43. The first kappa shape index (κ1) is 29.2. The molecule has 4 heterocycles. The zero-order valence-electron chi connectivity index (χ0n) is 25.1. The summed E-state index contributed by atoms with van der Waals surface area (Å²) in [5, 5.41) is 12.7. The molecule has 0 aliphatic heterocycles. The number of benzene rings is 2. The second kappa shape index (κ2) is 11.7. The maximum atomic E-state index is 14.4. The molecule has 0 saturated carbocycles. The van der Waals surface area contributed by atoms with Crippen LogP contribution in [0.1, 0.15) is 63.3 Å². The van der Waals surface area contributed by atoms with Crippen LogP contribution in [0.2, 0.25) is 0 Å². The van der Waals surface area contributed by atoms with Crippen LogP contribution < -0.4 is 16.6 Å². The van der Waals surface area contributed by atoms with Crippen LogP contribution in [0.3, 0.4) is 0 Å². The number of hydrogen-bond donors (Lipinski definition) is 2. The maximum absolute atomic E-state index is 14.4. The van der Waals surface area contributed by atoms with Crippen molar-refractivity contribution in [3.8, 4) is 17.5 Å². The summed E-state index contributed by atoms with van der Waals surface area (Å²) < 4.78 is 4.61. The van der Waals surface area contributed by atoms with Gasteiger partial charge in [-0.25, -0.2) is 9.50 Å². The zero-order valence-corrected chi connectivity index (χ0v) is 25.1. The van der Waals surface area contributed by atoms with Crippen LogP contribution in [-0.2, 0) is 7.05 Å². The lowest BCUT2D eigenvalue weighted by Crippen LogP contribution is -2.32. The van der Waals surface area contributed by atoms with Crippen LogP contribution in [0.5, 0.6) is 0 Å². The fourth-order valence-corrected chi connectivity index (χ4v) is 5.43. The third-order valence-corrected chi connectivity index (χ3v) is 7.60. The highest BCUT2D eigenvalue weighted by Crippen LogP contribution is 2.24. The molecule has 1 amide bonds. The minimum Gasteiger partial charge on any atom is -0.344 e. The number of aromatic nitrogens is 6. The first-order valence-corrected chi connectivity index (χ1v) is 14.3. The standard InChI is InChI=1S/C34H30N8O3/c1-20(35)31(43)30-25(19-37-40(30)4)15-14-23-10-8-11-24-18-27(42(34(45)29(23)24)26-12-6-5-7-13-26)21(2)38-33(44)28-22(3)39-41-17-9-16-36-32(28)41/h5-13,16-21H,35H2,1-4H3,(H,38,44). The highest BCUT2D eigenvalue weighted by molar-refractivity contribution is 6.01. The van der Waals surface area contributed by atoms with Gasteiger partial charge in [0.05, 0.1) is 34.9 Å². The van der Waals surface area contributed by atoms with Crippen LogP contribution in [0.4, 0.5) is 0 Å². The Morgan fingerprint density at radius 2 is 1.76 bits per heavy atom. The summed E-state index contributed by atoms with van der Waals surface area (Å²) in [5.74, 6) is 5.50. The van der Waals surface area contributed by atoms with Gasteiger partial charge in [-0.1, -0.05) is 42.2 Å². The first-order chi connectivity index (χ1) is 21.7. The number of pyridine rings is 1. The minimum atomic E-state index is -0.717. The smallest absolute Gasteiger partial charge is 0.264 e. The van der Waals surface area contributed by atoms with E-state index in [-0.39, 0.29) is 17.2 Å². The van der Waals surface area contributed by atoms with E-state index in [0.717, 1.165) is 0 Å². The molecule has 0 spiro atoms. The van der Waals surface area contributed by atoms with Crippen LogP contribution in [-0.4, -0.2) is 46.7 Å². The number of amides is 1. The van der Waals surface area contributed by atoms with Gasteiger partial charge in [0.2, 0.25) is 0 Å². The second-order valence-electron chi connectivity index (χ2n) is 10.8. The molecule has 6 aromatic rings. The van der Waals surface area contributed by atoms with Crippen molar-refractivity contribution in [2.45, 2.75) is 32.9 Å². The lowest BCUT2D eigenvalue weighted by molar-refractivity contribution is 0.0936. The number of rotatable bonds is 6. The van der Waals surface area contributed by atoms with Crippen molar-refractivity contribution < 1.29 is 9.59 Å². The summed E-state index contributed by atoms with van der Waals surface area (Å²) in [4.78, 5) is 45.0. The average Bonchev–Trinajstić information content (AvgIpc) is 3.57. The molecule has 0 saturated heterocycles. The number of nitrogens with two attached hydrogens (primary N) is 1. The van der Waals surface area contributed by atoms with Crippen LogP contribution in [0.25, 0.3) is 22.1 Å². The monoisotopic (exact) mass is 598 g/mol. The van der Waals surface area contributed by atoms with Crippen molar-refractivity contribution in [3.63, 3.8) is 0 Å². The van der Waals surface area contributed by atoms with E-state index in [9.17, 15) is 14.4 Å². The van der Waals surface area contributed by atoms with Gasteiger partial charge in [0.25, 0.3) is 11.5 Å². The largest absolute Gasteiger partial charge is 0.344 e. The molecule has 224 valence electrons. The number of nitrogens with one attached hydrogen (secondary N) is 1. The number of aryl methyl sites for hydroxylation is 2. The zero-order chi connectivity index (χ0) is 31.8. The molecule has 4 aromatic heterocycles. The highest BCUT2D eigenvalue weighted by Gasteiger charge is 2.24. The van der Waals surface area contributed by atoms with Crippen LogP contribution >= 0.6 is 0 Å². The van der Waals surface area contributed by atoms with Crippen molar-refractivity contribution in [3.05, 3.63) is 123 Å². The van der Waals surface area contributed by atoms with Gasteiger partial charge in [0.15, 0.2) is 11.4 Å². The maximum Gasteiger partial charge on any atom is 0.264 e. The van der Waals surface area contributed by atoms with Crippen molar-refractivity contribution in [1.82, 2.24) is 34.3 Å². The molecule has 0 aliphatic rings. The number of carbonyl (C=O) groups is 2. The lowest BCUT2D eigenvalue weighted by atomic mass is 10.0. The molecule has 2 atom stereocenters. The van der Waals surface area contributed by atoms with Crippen molar-refractivity contribution in [2.24, 2.45) is 12.8 Å². The molecule has 2 aromatic carbocycles. The Morgan fingerprint density at radius 1 is 1.00 bits per heavy atom. The summed E-state index contributed by atoms with van der Waals surface area (Å²) in [6.45, 7) is 5.20. The molecule has 2 unspecified atom stereocenters. The summed E-state index contributed by atoms with van der Waals surface area (Å²) in [7, 11) is 1.66. The van der Waals surface area contributed by atoms with Gasteiger partial charge in [0, 0.05) is 36.4 Å². The molecule has 0 fully saturated rings. The van der Waals surface area contributed by atoms with Gasteiger partial charge in [-0.3, -0.25) is 23.6 Å². The van der Waals surface area contributed by atoms with Gasteiger partial charge in [-0.2, -0.15) is 10.2 Å². The molecular weight excluding hydrogens is 568 g/mol. The van der Waals surface area contributed by atoms with Gasteiger partial charge in [0.1, 0.15) is 11.3 Å². The van der Waals surface area contributed by atoms with Crippen LogP contribution in [0.15, 0.2) is 84.0 Å². The third kappa shape index (κ3) is 5.28. The Bertz CT molecular complexity index is 2230. The molecule has 45 heavy (non-hydrogen) atoms. The number of ketones is 1. The quantitative estimate of drug-likeness (QED) is 0.221. The number of para-hydroxylation sites is 1. The van der Waals surface area contributed by atoms with E-state index in [1.807, 2.05) is 55.5 Å². The second-order valence-corrected chi connectivity index (χ2v) is 10.8. The van der Waals surface area contributed by atoms with E-state index in [1.54, 1.807) is 54.5 Å². The molecule has 0 radical (unpaired) electrons. The number of carbonyl (C=O) groups excluding carboxylic acids is 2. The predicted octanol–water partition coefficient (Wildman–Crippen LogP) is 3.50. The number of Topliss-reactive ketones (excluding diaryl/α,β-unsaturated/α-hetero) is 1. The van der Waals surface area contributed by atoms with E-state index in [0.29, 0.717) is 55.9 Å². The van der Waals surface area contributed by atoms with Crippen LogP contribution in [0, 0.1) is 18.8 Å². The molecule has 0 aliphatic carbocycles. The Hall–Kier alpha value is -5.86. The Labute approximate surface area is 258 Å². The Kier molecular flexibility index (Phi) is 7.58. The summed E-state index contributed by atoms with van der Waals surface area (Å²) in [6.07, 6.45) is 4.86. The van der Waals surface area contributed by atoms with E-state index < -0.39 is 12.1 Å². The number of hydrogen-bond acceptors (Lipinski definition) is 7. The molecular formula is C34H30N8O3. The lowest BCUT2D eigenvalue weighted by Gasteiger charge is -2.21. The van der Waals surface area contributed by atoms with E-state index in [1.165, 1.54) is 10.9 Å². The first-order valence-electron chi connectivity index (χ1n) is 14.3. The Morgan fingerprint density at radius 3 is 2.51 bits per heavy atom. The third-order valence-electron chi connectivity index (χ3n) is 7.60. The summed E-state index contributed by atoms with van der Waals surface area (Å²) >= 11 is 0. The molecule has 6 rings (SSSR count). The predicted molar refractivity (Wildman–Crippen MR) is 170 cm³/mol. The molecule has 3 N–H and O–H groups in total. The molecule has 0 bridgehead atoms. The molecule has 11 nitrogen and oxygen atoms in total. The SMILES string of the molecule is Cc1nn2cccnc2c1C(=O)NC(C)c1cc2cccc(C#Cc3cnn(C)c3C(=O)C(C)N)c2c(=O)n1-c1ccccc1. The van der Waals surface area contributed by atoms with Gasteiger partial charge in [-0.15, -0.1) is 0 Å². The molecule has 11 heteroatoms. The summed E-state index contributed by atoms with van der Waals surface area (Å²) in [5.41, 5.74) is 9.34. The average molecular weight is 599 g/mol.